The Labute approximate surface area is 136 Å². The smallest absolute Gasteiger partial charge is 0.242 e. The molecule has 1 atom stereocenters. The lowest BCUT2D eigenvalue weighted by atomic mass is 9.89. The van der Waals surface area contributed by atoms with Crippen molar-refractivity contribution in [2.45, 2.75) is 25.6 Å². The number of hydrogen-bond donors (Lipinski definition) is 1. The van der Waals surface area contributed by atoms with Crippen molar-refractivity contribution < 1.29 is 19.1 Å². The lowest BCUT2D eigenvalue weighted by molar-refractivity contribution is 0.0896. The number of carbonyl (C=O) groups is 1. The van der Waals surface area contributed by atoms with Gasteiger partial charge in [-0.1, -0.05) is 12.1 Å². The van der Waals surface area contributed by atoms with Gasteiger partial charge in [-0.15, -0.1) is 0 Å². The minimum atomic E-state index is -1.70. The summed E-state index contributed by atoms with van der Waals surface area (Å²) in [5.74, 6) is 1.22. The first-order valence-corrected chi connectivity index (χ1v) is 11.0. The molecule has 120 valence electrons. The van der Waals surface area contributed by atoms with Crippen LogP contribution >= 0.6 is 0 Å². The van der Waals surface area contributed by atoms with Crippen molar-refractivity contribution in [2.24, 2.45) is 0 Å². The molecule has 1 aliphatic heterocycles. The largest absolute Gasteiger partial charge is 0.544 e. The molecule has 0 amide bonds. The SMILES string of the molecule is C[Si](C)(C)Oc1ccc2c(c1)OCC(c1ccc(O)cc1)C2=O. The van der Waals surface area contributed by atoms with E-state index in [1.165, 1.54) is 0 Å². The number of ether oxygens (including phenoxy) is 1. The van der Waals surface area contributed by atoms with Crippen LogP contribution in [-0.4, -0.2) is 25.8 Å². The zero-order chi connectivity index (χ0) is 16.6. The number of ketones is 1. The molecule has 0 saturated heterocycles. The third-order valence-electron chi connectivity index (χ3n) is 3.66. The second-order valence-corrected chi connectivity index (χ2v) is 11.1. The molecule has 0 aliphatic carbocycles. The summed E-state index contributed by atoms with van der Waals surface area (Å²) >= 11 is 0. The summed E-state index contributed by atoms with van der Waals surface area (Å²) in [5.41, 5.74) is 1.43. The zero-order valence-electron chi connectivity index (χ0n) is 13.5. The molecular weight excluding hydrogens is 308 g/mol. The number of aromatic hydroxyl groups is 1. The monoisotopic (exact) mass is 328 g/mol. The molecule has 1 aliphatic rings. The van der Waals surface area contributed by atoms with E-state index in [4.69, 9.17) is 9.16 Å². The fraction of sp³-hybridized carbons (Fsp3) is 0.278. The Morgan fingerprint density at radius 3 is 2.48 bits per heavy atom. The summed E-state index contributed by atoms with van der Waals surface area (Å²) in [5, 5.41) is 9.38. The van der Waals surface area contributed by atoms with E-state index < -0.39 is 8.32 Å². The fourth-order valence-corrected chi connectivity index (χ4v) is 3.47. The maximum absolute atomic E-state index is 12.7. The number of rotatable bonds is 3. The van der Waals surface area contributed by atoms with Gasteiger partial charge >= 0.3 is 0 Å². The van der Waals surface area contributed by atoms with E-state index in [-0.39, 0.29) is 17.5 Å². The lowest BCUT2D eigenvalue weighted by Crippen LogP contribution is -2.30. The average molecular weight is 328 g/mol. The van der Waals surface area contributed by atoms with Crippen LogP contribution in [0.15, 0.2) is 42.5 Å². The van der Waals surface area contributed by atoms with Crippen LogP contribution in [0.3, 0.4) is 0 Å². The van der Waals surface area contributed by atoms with Crippen LogP contribution < -0.4 is 9.16 Å². The number of carbonyl (C=O) groups excluding carboxylic acids is 1. The van der Waals surface area contributed by atoms with E-state index in [9.17, 15) is 9.90 Å². The van der Waals surface area contributed by atoms with Crippen LogP contribution in [0, 0.1) is 0 Å². The Bertz CT molecular complexity index is 732. The number of Topliss-reactive ketones (excluding diaryl/α,β-unsaturated/α-hetero) is 1. The maximum atomic E-state index is 12.7. The Hall–Kier alpha value is -2.27. The van der Waals surface area contributed by atoms with Crippen LogP contribution in [0.2, 0.25) is 19.6 Å². The second kappa shape index (κ2) is 5.74. The van der Waals surface area contributed by atoms with E-state index >= 15 is 0 Å². The minimum absolute atomic E-state index is 0.0384. The minimum Gasteiger partial charge on any atom is -0.544 e. The van der Waals surface area contributed by atoms with Crippen molar-refractivity contribution in [1.82, 2.24) is 0 Å². The van der Waals surface area contributed by atoms with E-state index in [1.807, 2.05) is 6.07 Å². The van der Waals surface area contributed by atoms with Gasteiger partial charge in [-0.3, -0.25) is 4.79 Å². The van der Waals surface area contributed by atoms with Gasteiger partial charge in [0.2, 0.25) is 8.32 Å². The standard InChI is InChI=1S/C18H20O4Si/c1-23(2,3)22-14-8-9-15-17(10-14)21-11-16(18(15)20)12-4-6-13(19)7-5-12/h4-10,16,19H,11H2,1-3H3. The molecule has 0 fully saturated rings. The summed E-state index contributed by atoms with van der Waals surface area (Å²) in [4.78, 5) is 12.7. The zero-order valence-corrected chi connectivity index (χ0v) is 14.5. The molecule has 1 unspecified atom stereocenters. The summed E-state index contributed by atoms with van der Waals surface area (Å²) < 4.78 is 11.7. The van der Waals surface area contributed by atoms with Gasteiger partial charge in [0.15, 0.2) is 5.78 Å². The van der Waals surface area contributed by atoms with Crippen LogP contribution in [0.4, 0.5) is 0 Å². The highest BCUT2D eigenvalue weighted by molar-refractivity contribution is 6.70. The first-order valence-electron chi connectivity index (χ1n) is 7.62. The van der Waals surface area contributed by atoms with Gasteiger partial charge in [-0.05, 0) is 49.5 Å². The molecule has 0 saturated carbocycles. The number of phenolic OH excluding ortho intramolecular Hbond substituents is 1. The highest BCUT2D eigenvalue weighted by Crippen LogP contribution is 2.35. The van der Waals surface area contributed by atoms with E-state index in [0.717, 1.165) is 11.3 Å². The van der Waals surface area contributed by atoms with Crippen molar-refractivity contribution in [3.63, 3.8) is 0 Å². The Morgan fingerprint density at radius 1 is 1.13 bits per heavy atom. The van der Waals surface area contributed by atoms with Gasteiger partial charge in [-0.2, -0.15) is 0 Å². The Balaban J connectivity index is 1.87. The van der Waals surface area contributed by atoms with Gasteiger partial charge in [0, 0.05) is 6.07 Å². The predicted octanol–water partition coefficient (Wildman–Crippen LogP) is 3.96. The summed E-state index contributed by atoms with van der Waals surface area (Å²) in [6.45, 7) is 6.63. The Morgan fingerprint density at radius 2 is 1.83 bits per heavy atom. The van der Waals surface area contributed by atoms with Crippen molar-refractivity contribution >= 4 is 14.1 Å². The van der Waals surface area contributed by atoms with E-state index in [2.05, 4.69) is 19.6 Å². The third-order valence-corrected chi connectivity index (χ3v) is 4.51. The van der Waals surface area contributed by atoms with Gasteiger partial charge in [0.25, 0.3) is 0 Å². The molecule has 2 aromatic carbocycles. The summed E-state index contributed by atoms with van der Waals surface area (Å²) in [7, 11) is -1.70. The molecular formula is C18H20O4Si. The number of hydrogen-bond acceptors (Lipinski definition) is 4. The highest BCUT2D eigenvalue weighted by Gasteiger charge is 2.30. The van der Waals surface area contributed by atoms with Crippen LogP contribution in [-0.2, 0) is 0 Å². The molecule has 5 heteroatoms. The van der Waals surface area contributed by atoms with E-state index in [1.54, 1.807) is 36.4 Å². The van der Waals surface area contributed by atoms with Crippen LogP contribution in [0.5, 0.6) is 17.2 Å². The molecule has 1 N–H and O–H groups in total. The number of fused-ring (bicyclic) bond motifs is 1. The molecule has 23 heavy (non-hydrogen) atoms. The first-order chi connectivity index (χ1) is 10.8. The van der Waals surface area contributed by atoms with Gasteiger partial charge in [0.05, 0.1) is 11.5 Å². The third kappa shape index (κ3) is 3.40. The molecule has 2 aromatic rings. The fourth-order valence-electron chi connectivity index (χ4n) is 2.63. The van der Waals surface area contributed by atoms with Crippen LogP contribution in [0.25, 0.3) is 0 Å². The Kier molecular flexibility index (Phi) is 3.89. The second-order valence-electron chi connectivity index (χ2n) is 6.69. The lowest BCUT2D eigenvalue weighted by Gasteiger charge is -2.26. The molecule has 3 rings (SSSR count). The first kappa shape index (κ1) is 15.6. The molecule has 0 spiro atoms. The normalized spacial score (nSPS) is 17.3. The van der Waals surface area contributed by atoms with E-state index in [0.29, 0.717) is 17.9 Å². The molecule has 4 nitrogen and oxygen atoms in total. The molecule has 0 radical (unpaired) electrons. The van der Waals surface area contributed by atoms with Gasteiger partial charge in [0.1, 0.15) is 23.9 Å². The van der Waals surface area contributed by atoms with Crippen molar-refractivity contribution in [3.05, 3.63) is 53.6 Å². The quantitative estimate of drug-likeness (QED) is 0.866. The maximum Gasteiger partial charge on any atom is 0.242 e. The molecule has 0 bridgehead atoms. The van der Waals surface area contributed by atoms with Crippen molar-refractivity contribution in [3.8, 4) is 17.2 Å². The van der Waals surface area contributed by atoms with Gasteiger partial charge in [-0.25, -0.2) is 0 Å². The van der Waals surface area contributed by atoms with Crippen molar-refractivity contribution in [2.75, 3.05) is 6.61 Å². The topological polar surface area (TPSA) is 55.8 Å². The average Bonchev–Trinajstić information content (AvgIpc) is 2.47. The van der Waals surface area contributed by atoms with Crippen molar-refractivity contribution in [1.29, 1.82) is 0 Å². The summed E-state index contributed by atoms with van der Waals surface area (Å²) in [6.07, 6.45) is 0. The van der Waals surface area contributed by atoms with Gasteiger partial charge < -0.3 is 14.3 Å². The predicted molar refractivity (Wildman–Crippen MR) is 91.1 cm³/mol. The summed E-state index contributed by atoms with van der Waals surface area (Å²) in [6, 6.07) is 12.1. The number of benzene rings is 2. The van der Waals surface area contributed by atoms with Crippen LogP contribution in [0.1, 0.15) is 21.8 Å². The number of phenols is 1. The highest BCUT2D eigenvalue weighted by atomic mass is 28.4. The molecule has 1 heterocycles. The molecule has 0 aromatic heterocycles.